The molecular weight excluding hydrogens is 258 g/mol. The van der Waals surface area contributed by atoms with Crippen LogP contribution in [0.15, 0.2) is 24.3 Å². The molecule has 0 saturated carbocycles. The van der Waals surface area contributed by atoms with E-state index in [-0.39, 0.29) is 17.5 Å². The summed E-state index contributed by atoms with van der Waals surface area (Å²) in [6, 6.07) is 6.20. The van der Waals surface area contributed by atoms with Crippen molar-refractivity contribution in [1.29, 1.82) is 0 Å². The van der Waals surface area contributed by atoms with Gasteiger partial charge in [-0.3, -0.25) is 4.79 Å². The number of rotatable bonds is 7. The number of carbonyl (C=O) groups excluding carboxylic acids is 1. The highest BCUT2D eigenvalue weighted by atomic mass is 16.5. The number of hydrogen-bond acceptors (Lipinski definition) is 3. The Kier molecular flexibility index (Phi) is 6.03. The number of carboxylic acids is 1. The fourth-order valence-corrected chi connectivity index (χ4v) is 1.83. The molecule has 2 atom stereocenters. The maximum atomic E-state index is 11.9. The molecule has 0 spiro atoms. The van der Waals surface area contributed by atoms with Gasteiger partial charge < -0.3 is 15.2 Å². The summed E-state index contributed by atoms with van der Waals surface area (Å²) >= 11 is 0. The quantitative estimate of drug-likeness (QED) is 0.804. The SMILES string of the molecule is CCCC(C)NC(=O)C(C)Oc1cccc(C(=O)O)c1. The van der Waals surface area contributed by atoms with Gasteiger partial charge in [-0.2, -0.15) is 0 Å². The Morgan fingerprint density at radius 2 is 2.05 bits per heavy atom. The monoisotopic (exact) mass is 279 g/mol. The van der Waals surface area contributed by atoms with Crippen LogP contribution in [0.2, 0.25) is 0 Å². The van der Waals surface area contributed by atoms with Crippen LogP contribution in [-0.4, -0.2) is 29.1 Å². The summed E-state index contributed by atoms with van der Waals surface area (Å²) in [7, 11) is 0. The van der Waals surface area contributed by atoms with E-state index in [1.54, 1.807) is 19.1 Å². The number of carboxylic acid groups (broad SMARTS) is 1. The Morgan fingerprint density at radius 3 is 2.65 bits per heavy atom. The lowest BCUT2D eigenvalue weighted by Gasteiger charge is -2.18. The second-order valence-electron chi connectivity index (χ2n) is 4.79. The molecule has 0 radical (unpaired) electrons. The Labute approximate surface area is 118 Å². The minimum Gasteiger partial charge on any atom is -0.481 e. The molecule has 20 heavy (non-hydrogen) atoms. The number of benzene rings is 1. The lowest BCUT2D eigenvalue weighted by atomic mass is 10.2. The Balaban J connectivity index is 2.61. The number of carbonyl (C=O) groups is 2. The molecule has 5 heteroatoms. The van der Waals surface area contributed by atoms with Crippen molar-refractivity contribution in [3.63, 3.8) is 0 Å². The van der Waals surface area contributed by atoms with Gasteiger partial charge in [0.2, 0.25) is 0 Å². The lowest BCUT2D eigenvalue weighted by Crippen LogP contribution is -2.41. The van der Waals surface area contributed by atoms with Crippen molar-refractivity contribution in [2.24, 2.45) is 0 Å². The summed E-state index contributed by atoms with van der Waals surface area (Å²) in [5.41, 5.74) is 0.134. The Bertz CT molecular complexity index is 473. The number of aromatic carboxylic acids is 1. The van der Waals surface area contributed by atoms with Crippen molar-refractivity contribution < 1.29 is 19.4 Å². The minimum atomic E-state index is -1.02. The van der Waals surface area contributed by atoms with E-state index in [2.05, 4.69) is 12.2 Å². The predicted molar refractivity (Wildman–Crippen MR) is 76.0 cm³/mol. The van der Waals surface area contributed by atoms with Crippen LogP contribution < -0.4 is 10.1 Å². The first-order chi connectivity index (χ1) is 9.43. The van der Waals surface area contributed by atoms with E-state index < -0.39 is 12.1 Å². The molecule has 110 valence electrons. The van der Waals surface area contributed by atoms with Crippen LogP contribution in [0.5, 0.6) is 5.75 Å². The zero-order valence-electron chi connectivity index (χ0n) is 12.1. The molecule has 1 amide bonds. The third-order valence-corrected chi connectivity index (χ3v) is 2.87. The van der Waals surface area contributed by atoms with Gasteiger partial charge in [0.25, 0.3) is 5.91 Å². The molecule has 1 aromatic carbocycles. The molecule has 0 bridgehead atoms. The van der Waals surface area contributed by atoms with Gasteiger partial charge in [-0.25, -0.2) is 4.79 Å². The van der Waals surface area contributed by atoms with Crippen molar-refractivity contribution in [1.82, 2.24) is 5.32 Å². The van der Waals surface area contributed by atoms with Crippen molar-refractivity contribution in [3.8, 4) is 5.75 Å². The number of ether oxygens (including phenoxy) is 1. The maximum absolute atomic E-state index is 11.9. The molecule has 0 aromatic heterocycles. The molecule has 1 rings (SSSR count). The molecule has 0 saturated heterocycles. The Morgan fingerprint density at radius 1 is 1.35 bits per heavy atom. The molecule has 1 aromatic rings. The highest BCUT2D eigenvalue weighted by Gasteiger charge is 2.17. The van der Waals surface area contributed by atoms with Crippen LogP contribution in [-0.2, 0) is 4.79 Å². The second-order valence-corrected chi connectivity index (χ2v) is 4.79. The fourth-order valence-electron chi connectivity index (χ4n) is 1.83. The van der Waals surface area contributed by atoms with Gasteiger partial charge in [0, 0.05) is 6.04 Å². The largest absolute Gasteiger partial charge is 0.481 e. The molecule has 0 aliphatic carbocycles. The van der Waals surface area contributed by atoms with E-state index >= 15 is 0 Å². The average molecular weight is 279 g/mol. The minimum absolute atomic E-state index is 0.101. The van der Waals surface area contributed by atoms with Crippen molar-refractivity contribution >= 4 is 11.9 Å². The zero-order chi connectivity index (χ0) is 15.1. The maximum Gasteiger partial charge on any atom is 0.335 e. The fraction of sp³-hybridized carbons (Fsp3) is 0.467. The highest BCUT2D eigenvalue weighted by Crippen LogP contribution is 2.15. The van der Waals surface area contributed by atoms with Gasteiger partial charge >= 0.3 is 5.97 Å². The average Bonchev–Trinajstić information content (AvgIpc) is 2.39. The molecule has 5 nitrogen and oxygen atoms in total. The normalized spacial score (nSPS) is 13.3. The van der Waals surface area contributed by atoms with Crippen LogP contribution >= 0.6 is 0 Å². The van der Waals surface area contributed by atoms with Gasteiger partial charge in [-0.1, -0.05) is 19.4 Å². The smallest absolute Gasteiger partial charge is 0.335 e. The zero-order valence-corrected chi connectivity index (χ0v) is 12.1. The first kappa shape index (κ1) is 16.0. The molecule has 0 heterocycles. The third-order valence-electron chi connectivity index (χ3n) is 2.87. The van der Waals surface area contributed by atoms with Gasteiger partial charge in [0.15, 0.2) is 6.10 Å². The van der Waals surface area contributed by atoms with E-state index in [1.807, 2.05) is 6.92 Å². The van der Waals surface area contributed by atoms with Gasteiger partial charge in [-0.15, -0.1) is 0 Å². The number of hydrogen-bond donors (Lipinski definition) is 2. The summed E-state index contributed by atoms with van der Waals surface area (Å²) in [6.45, 7) is 5.64. The second kappa shape index (κ2) is 7.53. The first-order valence-electron chi connectivity index (χ1n) is 6.74. The summed E-state index contributed by atoms with van der Waals surface area (Å²) in [5.74, 6) is -0.855. The molecule has 2 N–H and O–H groups in total. The Hall–Kier alpha value is -2.04. The molecular formula is C15H21NO4. The lowest BCUT2D eigenvalue weighted by molar-refractivity contribution is -0.127. The molecule has 0 fully saturated rings. The van der Waals surface area contributed by atoms with Gasteiger partial charge in [0.05, 0.1) is 5.56 Å². The van der Waals surface area contributed by atoms with Gasteiger partial charge in [-0.05, 0) is 38.5 Å². The third kappa shape index (κ3) is 4.91. The molecule has 0 aliphatic rings. The highest BCUT2D eigenvalue weighted by molar-refractivity contribution is 5.88. The van der Waals surface area contributed by atoms with E-state index in [0.717, 1.165) is 12.8 Å². The van der Waals surface area contributed by atoms with Crippen molar-refractivity contribution in [2.75, 3.05) is 0 Å². The van der Waals surface area contributed by atoms with Crippen LogP contribution in [0.1, 0.15) is 44.0 Å². The number of nitrogens with one attached hydrogen (secondary N) is 1. The summed E-state index contributed by atoms with van der Waals surface area (Å²) in [6.07, 6.45) is 1.24. The van der Waals surface area contributed by atoms with E-state index in [9.17, 15) is 9.59 Å². The van der Waals surface area contributed by atoms with Crippen molar-refractivity contribution in [3.05, 3.63) is 29.8 Å². The predicted octanol–water partition coefficient (Wildman–Crippen LogP) is 2.46. The van der Waals surface area contributed by atoms with Crippen LogP contribution in [0, 0.1) is 0 Å². The van der Waals surface area contributed by atoms with E-state index in [1.165, 1.54) is 12.1 Å². The first-order valence-corrected chi connectivity index (χ1v) is 6.74. The van der Waals surface area contributed by atoms with E-state index in [0.29, 0.717) is 5.75 Å². The van der Waals surface area contributed by atoms with E-state index in [4.69, 9.17) is 9.84 Å². The topological polar surface area (TPSA) is 75.6 Å². The van der Waals surface area contributed by atoms with Crippen LogP contribution in [0.25, 0.3) is 0 Å². The standard InChI is InChI=1S/C15H21NO4/c1-4-6-10(2)16-14(17)11(3)20-13-8-5-7-12(9-13)15(18)19/h5,7-11H,4,6H2,1-3H3,(H,16,17)(H,18,19). The van der Waals surface area contributed by atoms with Crippen LogP contribution in [0.3, 0.4) is 0 Å². The van der Waals surface area contributed by atoms with Crippen LogP contribution in [0.4, 0.5) is 0 Å². The van der Waals surface area contributed by atoms with Crippen molar-refractivity contribution in [2.45, 2.75) is 45.8 Å². The number of amides is 1. The molecule has 0 aliphatic heterocycles. The summed E-state index contributed by atoms with van der Waals surface area (Å²) < 4.78 is 5.47. The molecule has 2 unspecified atom stereocenters. The summed E-state index contributed by atoms with van der Waals surface area (Å²) in [5, 5.41) is 11.8. The van der Waals surface area contributed by atoms with Gasteiger partial charge in [0.1, 0.15) is 5.75 Å². The summed E-state index contributed by atoms with van der Waals surface area (Å²) in [4.78, 5) is 22.8.